The fourth-order valence-corrected chi connectivity index (χ4v) is 2.87. The van der Waals surface area contributed by atoms with Gasteiger partial charge >= 0.3 is 12.1 Å². The van der Waals surface area contributed by atoms with Crippen molar-refractivity contribution >= 4 is 12.0 Å². The number of ether oxygens (including phenoxy) is 2. The van der Waals surface area contributed by atoms with Gasteiger partial charge in [0.25, 0.3) is 5.89 Å². The molecule has 6 nitrogen and oxygen atoms in total. The van der Waals surface area contributed by atoms with Crippen LogP contribution in [0.3, 0.4) is 0 Å². The fourth-order valence-electron chi connectivity index (χ4n) is 2.87. The molecule has 0 fully saturated rings. The van der Waals surface area contributed by atoms with Gasteiger partial charge in [0.2, 0.25) is 5.82 Å². The Balaban J connectivity index is 1.48. The van der Waals surface area contributed by atoms with Gasteiger partial charge in [-0.05, 0) is 31.2 Å². The number of fused-ring (bicyclic) bond motifs is 1. The molecule has 0 amide bonds. The number of halogens is 3. The lowest BCUT2D eigenvalue weighted by Gasteiger charge is -2.18. The lowest BCUT2D eigenvalue weighted by molar-refractivity contribution is -0.145. The maximum Gasteiger partial charge on any atom is 0.416 e. The van der Waals surface area contributed by atoms with E-state index in [2.05, 4.69) is 10.1 Å². The van der Waals surface area contributed by atoms with Crippen LogP contribution >= 0.6 is 0 Å². The quantitative estimate of drug-likeness (QED) is 0.567. The van der Waals surface area contributed by atoms with E-state index in [1.807, 2.05) is 18.2 Å². The Morgan fingerprint density at radius 2 is 1.97 bits per heavy atom. The van der Waals surface area contributed by atoms with Crippen molar-refractivity contribution in [3.8, 4) is 17.1 Å². The lowest BCUT2D eigenvalue weighted by atomic mass is 10.1. The topological polar surface area (TPSA) is 74.5 Å². The Bertz CT molecular complexity index is 1120. The van der Waals surface area contributed by atoms with Crippen LogP contribution in [0.4, 0.5) is 13.2 Å². The number of hydrogen-bond acceptors (Lipinski definition) is 6. The number of para-hydroxylation sites is 1. The van der Waals surface area contributed by atoms with Crippen molar-refractivity contribution in [1.29, 1.82) is 0 Å². The summed E-state index contributed by atoms with van der Waals surface area (Å²) >= 11 is 0. The van der Waals surface area contributed by atoms with Gasteiger partial charge in [-0.15, -0.1) is 0 Å². The Kier molecular flexibility index (Phi) is 5.03. The molecule has 1 unspecified atom stereocenters. The summed E-state index contributed by atoms with van der Waals surface area (Å²) in [5, 5.41) is 3.70. The molecule has 0 saturated carbocycles. The molecule has 0 aliphatic carbocycles. The van der Waals surface area contributed by atoms with Crippen LogP contribution in [0.15, 0.2) is 58.6 Å². The predicted octanol–water partition coefficient (Wildman–Crippen LogP) is 4.84. The molecule has 1 atom stereocenters. The summed E-state index contributed by atoms with van der Waals surface area (Å²) in [5.74, 6) is -0.0119. The molecule has 0 bridgehead atoms. The average Bonchev–Trinajstić information content (AvgIpc) is 3.23. The third kappa shape index (κ3) is 4.05. The van der Waals surface area contributed by atoms with Crippen LogP contribution in [0.2, 0.25) is 0 Å². The Labute approximate surface area is 168 Å². The average molecular weight is 416 g/mol. The Hall–Kier alpha value is -3.62. The molecule has 2 aromatic carbocycles. The van der Waals surface area contributed by atoms with Gasteiger partial charge < -0.3 is 14.0 Å². The fraction of sp³-hybridized carbons (Fsp3) is 0.190. The minimum Gasteiger partial charge on any atom is -0.488 e. The number of rotatable bonds is 4. The zero-order chi connectivity index (χ0) is 21.3. The summed E-state index contributed by atoms with van der Waals surface area (Å²) in [7, 11) is 0. The maximum absolute atomic E-state index is 12.9. The first kappa shape index (κ1) is 19.7. The Morgan fingerprint density at radius 3 is 2.77 bits per heavy atom. The summed E-state index contributed by atoms with van der Waals surface area (Å²) in [6.07, 6.45) is -3.71. The molecule has 2 heterocycles. The summed E-state index contributed by atoms with van der Waals surface area (Å²) in [5.41, 5.74) is 0.389. The molecule has 30 heavy (non-hydrogen) atoms. The smallest absolute Gasteiger partial charge is 0.416 e. The second-order valence-electron chi connectivity index (χ2n) is 6.58. The van der Waals surface area contributed by atoms with Crippen LogP contribution < -0.4 is 4.74 Å². The van der Waals surface area contributed by atoms with Crippen molar-refractivity contribution < 1.29 is 32.0 Å². The van der Waals surface area contributed by atoms with Crippen molar-refractivity contribution in [2.24, 2.45) is 0 Å². The molecule has 154 valence electrons. The highest BCUT2D eigenvalue weighted by atomic mass is 19.4. The van der Waals surface area contributed by atoms with E-state index in [-0.39, 0.29) is 23.9 Å². The van der Waals surface area contributed by atoms with E-state index in [1.54, 1.807) is 12.1 Å². The molecule has 9 heteroatoms. The van der Waals surface area contributed by atoms with E-state index in [9.17, 15) is 18.0 Å². The molecule has 0 N–H and O–H groups in total. The first-order chi connectivity index (χ1) is 14.3. The summed E-state index contributed by atoms with van der Waals surface area (Å²) < 4.78 is 54.6. The number of carbonyl (C=O) groups is 1. The SMILES string of the molecule is CC(OC(=O)C1=Cc2ccccc2OC1)c1nc(-c2cccc(C(F)(F)F)c2)no1. The van der Waals surface area contributed by atoms with Crippen molar-refractivity contribution in [3.63, 3.8) is 0 Å². The number of carbonyl (C=O) groups excluding carboxylic acids is 1. The van der Waals surface area contributed by atoms with Gasteiger partial charge in [0.1, 0.15) is 12.4 Å². The van der Waals surface area contributed by atoms with Crippen LogP contribution in [0.5, 0.6) is 5.75 Å². The highest BCUT2D eigenvalue weighted by Crippen LogP contribution is 2.32. The summed E-state index contributed by atoms with van der Waals surface area (Å²) in [6.45, 7) is 1.58. The summed E-state index contributed by atoms with van der Waals surface area (Å²) in [6, 6.07) is 11.8. The van der Waals surface area contributed by atoms with Gasteiger partial charge in [0, 0.05) is 11.1 Å². The second kappa shape index (κ2) is 7.66. The first-order valence-corrected chi connectivity index (χ1v) is 8.96. The lowest BCUT2D eigenvalue weighted by Crippen LogP contribution is -2.18. The van der Waals surface area contributed by atoms with Crippen molar-refractivity contribution in [1.82, 2.24) is 10.1 Å². The van der Waals surface area contributed by atoms with Crippen LogP contribution in [0.25, 0.3) is 17.5 Å². The molecule has 0 radical (unpaired) electrons. The molecule has 1 aliphatic rings. The molecule has 0 saturated heterocycles. The van der Waals surface area contributed by atoms with Gasteiger partial charge in [0.15, 0.2) is 6.10 Å². The van der Waals surface area contributed by atoms with E-state index in [0.29, 0.717) is 11.3 Å². The molecule has 1 aliphatic heterocycles. The van der Waals surface area contributed by atoms with Crippen molar-refractivity contribution in [3.05, 3.63) is 71.1 Å². The number of benzene rings is 2. The van der Waals surface area contributed by atoms with E-state index in [0.717, 1.165) is 17.7 Å². The zero-order valence-electron chi connectivity index (χ0n) is 15.6. The highest BCUT2D eigenvalue weighted by molar-refractivity contribution is 5.95. The third-order valence-electron chi connectivity index (χ3n) is 4.42. The van der Waals surface area contributed by atoms with Gasteiger partial charge in [-0.1, -0.05) is 35.5 Å². The monoisotopic (exact) mass is 416 g/mol. The maximum atomic E-state index is 12.9. The standard InChI is InChI=1S/C21H15F3N2O4/c1-12(29-20(27)15-9-13-5-2-3-8-17(13)28-11-15)19-25-18(26-30-19)14-6-4-7-16(10-14)21(22,23)24/h2-10,12H,11H2,1H3. The highest BCUT2D eigenvalue weighted by Gasteiger charge is 2.31. The number of aromatic nitrogens is 2. The van der Waals surface area contributed by atoms with Crippen molar-refractivity contribution in [2.75, 3.05) is 6.61 Å². The van der Waals surface area contributed by atoms with Crippen LogP contribution in [0, 0.1) is 0 Å². The van der Waals surface area contributed by atoms with E-state index in [4.69, 9.17) is 14.0 Å². The first-order valence-electron chi connectivity index (χ1n) is 8.96. The van der Waals surface area contributed by atoms with Crippen LogP contribution in [-0.2, 0) is 15.7 Å². The van der Waals surface area contributed by atoms with E-state index < -0.39 is 23.8 Å². The molecule has 0 spiro atoms. The number of alkyl halides is 3. The minimum atomic E-state index is -4.49. The van der Waals surface area contributed by atoms with Crippen LogP contribution in [0.1, 0.15) is 30.0 Å². The number of esters is 1. The van der Waals surface area contributed by atoms with Crippen molar-refractivity contribution in [2.45, 2.75) is 19.2 Å². The number of nitrogens with zero attached hydrogens (tertiary/aromatic N) is 2. The molecule has 3 aromatic rings. The van der Waals surface area contributed by atoms with E-state index >= 15 is 0 Å². The molecule has 4 rings (SSSR count). The zero-order valence-corrected chi connectivity index (χ0v) is 15.6. The molecular formula is C21H15F3N2O4. The third-order valence-corrected chi connectivity index (χ3v) is 4.42. The predicted molar refractivity (Wildman–Crippen MR) is 99.2 cm³/mol. The normalized spacial score (nSPS) is 14.3. The van der Waals surface area contributed by atoms with Gasteiger partial charge in [-0.3, -0.25) is 0 Å². The van der Waals surface area contributed by atoms with E-state index in [1.165, 1.54) is 19.1 Å². The number of hydrogen-bond donors (Lipinski definition) is 0. The second-order valence-corrected chi connectivity index (χ2v) is 6.58. The van der Waals surface area contributed by atoms with Gasteiger partial charge in [-0.2, -0.15) is 18.2 Å². The Morgan fingerprint density at radius 1 is 1.17 bits per heavy atom. The summed E-state index contributed by atoms with van der Waals surface area (Å²) in [4.78, 5) is 16.5. The molecular weight excluding hydrogens is 401 g/mol. The molecule has 1 aromatic heterocycles. The van der Waals surface area contributed by atoms with Crippen LogP contribution in [-0.4, -0.2) is 22.7 Å². The largest absolute Gasteiger partial charge is 0.488 e. The minimum absolute atomic E-state index is 0.0338. The van der Waals surface area contributed by atoms with Gasteiger partial charge in [0.05, 0.1) is 11.1 Å². The van der Waals surface area contributed by atoms with Gasteiger partial charge in [-0.25, -0.2) is 4.79 Å².